The Kier molecular flexibility index (Phi) is 5.61. The third-order valence-corrected chi connectivity index (χ3v) is 5.69. The fourth-order valence-electron chi connectivity index (χ4n) is 3.30. The molecule has 0 saturated carbocycles. The molecule has 0 fully saturated rings. The zero-order chi connectivity index (χ0) is 18.0. The SMILES string of the molecule is Brc1cncs1.CC1Cc2c([nH]c3ccccc23)CN1CC(C)(C)F. The summed E-state index contributed by atoms with van der Waals surface area (Å²) in [4.78, 5) is 9.52. The monoisotopic (exact) mass is 423 g/mol. The Labute approximate surface area is 160 Å². The number of H-pyrrole nitrogens is 1. The van der Waals surface area contributed by atoms with E-state index in [0.717, 1.165) is 16.8 Å². The molecule has 1 aromatic carbocycles. The molecule has 0 amide bonds. The van der Waals surface area contributed by atoms with Crippen molar-refractivity contribution in [3.05, 3.63) is 51.0 Å². The Bertz CT molecular complexity index is 823. The lowest BCUT2D eigenvalue weighted by Crippen LogP contribution is -2.44. The first kappa shape index (κ1) is 18.5. The van der Waals surface area contributed by atoms with Crippen LogP contribution in [0.2, 0.25) is 0 Å². The molecule has 1 atom stereocenters. The smallest absolute Gasteiger partial charge is 0.118 e. The van der Waals surface area contributed by atoms with E-state index in [1.807, 2.05) is 0 Å². The van der Waals surface area contributed by atoms with Crippen molar-refractivity contribution >= 4 is 38.2 Å². The van der Waals surface area contributed by atoms with Crippen molar-refractivity contribution in [2.45, 2.75) is 45.4 Å². The van der Waals surface area contributed by atoms with Crippen molar-refractivity contribution in [1.29, 1.82) is 0 Å². The number of nitrogens with one attached hydrogen (secondary N) is 1. The number of aromatic nitrogens is 2. The van der Waals surface area contributed by atoms with Crippen molar-refractivity contribution < 1.29 is 4.39 Å². The van der Waals surface area contributed by atoms with Gasteiger partial charge in [0, 0.05) is 35.7 Å². The van der Waals surface area contributed by atoms with Gasteiger partial charge < -0.3 is 4.98 Å². The highest BCUT2D eigenvalue weighted by molar-refractivity contribution is 9.11. The summed E-state index contributed by atoms with van der Waals surface area (Å²) >= 11 is 4.82. The van der Waals surface area contributed by atoms with Crippen LogP contribution in [-0.4, -0.2) is 33.1 Å². The van der Waals surface area contributed by atoms with Crippen LogP contribution in [0.15, 0.2) is 39.8 Å². The van der Waals surface area contributed by atoms with Gasteiger partial charge in [0.2, 0.25) is 0 Å². The summed E-state index contributed by atoms with van der Waals surface area (Å²) in [6.45, 7) is 6.80. The van der Waals surface area contributed by atoms with Crippen LogP contribution in [0.3, 0.4) is 0 Å². The summed E-state index contributed by atoms with van der Waals surface area (Å²) in [5.41, 5.74) is 4.50. The Hall–Kier alpha value is -1.24. The Morgan fingerprint density at radius 3 is 2.76 bits per heavy atom. The quantitative estimate of drug-likeness (QED) is 0.584. The van der Waals surface area contributed by atoms with Crippen LogP contribution in [-0.2, 0) is 13.0 Å². The number of alkyl halides is 1. The number of nitrogens with zero attached hydrogens (tertiary/aromatic N) is 2. The number of benzene rings is 1. The summed E-state index contributed by atoms with van der Waals surface area (Å²) in [6, 6.07) is 8.81. The number of halogens is 2. The van der Waals surface area contributed by atoms with Gasteiger partial charge in [0.05, 0.1) is 15.5 Å². The molecule has 1 aliphatic heterocycles. The number of aromatic amines is 1. The van der Waals surface area contributed by atoms with Gasteiger partial charge in [-0.1, -0.05) is 18.2 Å². The molecule has 25 heavy (non-hydrogen) atoms. The summed E-state index contributed by atoms with van der Waals surface area (Å²) < 4.78 is 15.0. The predicted octanol–water partition coefficient (Wildman–Crippen LogP) is 5.57. The zero-order valence-electron chi connectivity index (χ0n) is 14.7. The van der Waals surface area contributed by atoms with Gasteiger partial charge in [0.25, 0.3) is 0 Å². The first-order valence-electron chi connectivity index (χ1n) is 8.39. The van der Waals surface area contributed by atoms with Gasteiger partial charge in [-0.2, -0.15) is 0 Å². The second-order valence-corrected chi connectivity index (χ2v) is 9.38. The summed E-state index contributed by atoms with van der Waals surface area (Å²) in [6.07, 6.45) is 2.76. The predicted molar refractivity (Wildman–Crippen MR) is 107 cm³/mol. The minimum absolute atomic E-state index is 0.390. The highest BCUT2D eigenvalue weighted by Gasteiger charge is 2.30. The minimum Gasteiger partial charge on any atom is -0.357 e. The van der Waals surface area contributed by atoms with Crippen molar-refractivity contribution in [1.82, 2.24) is 14.9 Å². The third-order valence-electron chi connectivity index (χ3n) is 4.37. The van der Waals surface area contributed by atoms with Crippen LogP contribution in [0.25, 0.3) is 10.9 Å². The molecule has 1 N–H and O–H groups in total. The van der Waals surface area contributed by atoms with Gasteiger partial charge in [-0.3, -0.25) is 9.88 Å². The average molecular weight is 424 g/mol. The minimum atomic E-state index is -1.14. The molecule has 0 bridgehead atoms. The van der Waals surface area contributed by atoms with Crippen molar-refractivity contribution in [2.24, 2.45) is 0 Å². The number of rotatable bonds is 2. The molecular formula is C19H23BrFN3S. The molecule has 4 rings (SSSR count). The van der Waals surface area contributed by atoms with Crippen LogP contribution in [0.4, 0.5) is 4.39 Å². The molecule has 1 unspecified atom stereocenters. The molecular weight excluding hydrogens is 401 g/mol. The summed E-state index contributed by atoms with van der Waals surface area (Å²) in [7, 11) is 0. The first-order valence-corrected chi connectivity index (χ1v) is 10.1. The second-order valence-electron chi connectivity index (χ2n) is 7.11. The Morgan fingerprint density at radius 2 is 2.16 bits per heavy atom. The average Bonchev–Trinajstić information content (AvgIpc) is 3.14. The molecule has 3 heterocycles. The van der Waals surface area contributed by atoms with Gasteiger partial charge in [-0.05, 0) is 54.8 Å². The van der Waals surface area contributed by atoms with Crippen LogP contribution < -0.4 is 0 Å². The van der Waals surface area contributed by atoms with Gasteiger partial charge in [0.1, 0.15) is 5.67 Å². The zero-order valence-corrected chi connectivity index (χ0v) is 17.1. The Balaban J connectivity index is 0.000000258. The van der Waals surface area contributed by atoms with Crippen molar-refractivity contribution in [3.8, 4) is 0 Å². The third kappa shape index (κ3) is 4.68. The maximum absolute atomic E-state index is 13.9. The van der Waals surface area contributed by atoms with E-state index >= 15 is 0 Å². The molecule has 3 aromatic rings. The van der Waals surface area contributed by atoms with E-state index < -0.39 is 5.67 Å². The van der Waals surface area contributed by atoms with Crippen LogP contribution in [0.1, 0.15) is 32.0 Å². The largest absolute Gasteiger partial charge is 0.357 e. The van der Waals surface area contributed by atoms with E-state index in [4.69, 9.17) is 0 Å². The molecule has 134 valence electrons. The molecule has 3 nitrogen and oxygen atoms in total. The number of thiazole rings is 1. The number of fused-ring (bicyclic) bond motifs is 3. The molecule has 0 saturated heterocycles. The molecule has 6 heteroatoms. The molecule has 2 aromatic heterocycles. The second kappa shape index (κ2) is 7.56. The lowest BCUT2D eigenvalue weighted by Gasteiger charge is -2.36. The van der Waals surface area contributed by atoms with Crippen LogP contribution >= 0.6 is 27.3 Å². The first-order chi connectivity index (χ1) is 11.8. The Morgan fingerprint density at radius 1 is 1.40 bits per heavy atom. The highest BCUT2D eigenvalue weighted by atomic mass is 79.9. The maximum Gasteiger partial charge on any atom is 0.118 e. The molecule has 0 aliphatic carbocycles. The van der Waals surface area contributed by atoms with Crippen LogP contribution in [0.5, 0.6) is 0 Å². The fourth-order valence-corrected chi connectivity index (χ4v) is 4.02. The van der Waals surface area contributed by atoms with Gasteiger partial charge in [-0.15, -0.1) is 11.3 Å². The molecule has 1 aliphatic rings. The molecule has 0 spiro atoms. The molecule has 0 radical (unpaired) electrons. The summed E-state index contributed by atoms with van der Waals surface area (Å²) in [5.74, 6) is 0. The van der Waals surface area contributed by atoms with Gasteiger partial charge >= 0.3 is 0 Å². The van der Waals surface area contributed by atoms with E-state index in [2.05, 4.69) is 62.0 Å². The fraction of sp³-hybridized carbons (Fsp3) is 0.421. The lowest BCUT2D eigenvalue weighted by molar-refractivity contribution is 0.0853. The number of para-hydroxylation sites is 1. The summed E-state index contributed by atoms with van der Waals surface area (Å²) in [5, 5.41) is 1.32. The van der Waals surface area contributed by atoms with E-state index in [1.165, 1.54) is 22.2 Å². The van der Waals surface area contributed by atoms with Gasteiger partial charge in [-0.25, -0.2) is 4.39 Å². The highest BCUT2D eigenvalue weighted by Crippen LogP contribution is 2.31. The van der Waals surface area contributed by atoms with Crippen molar-refractivity contribution in [3.63, 3.8) is 0 Å². The standard InChI is InChI=1S/C16H21FN2.C3H2BrNS/c1-11-8-13-12-6-4-5-7-14(12)18-15(13)9-19(11)10-16(2,3)17;4-3-1-5-2-6-3/h4-7,11,18H,8-10H2,1-3H3;1-2H. The van der Waals surface area contributed by atoms with E-state index in [1.54, 1.807) is 36.9 Å². The number of hydrogen-bond donors (Lipinski definition) is 1. The number of hydrogen-bond acceptors (Lipinski definition) is 3. The van der Waals surface area contributed by atoms with E-state index in [-0.39, 0.29) is 0 Å². The van der Waals surface area contributed by atoms with Gasteiger partial charge in [0.15, 0.2) is 0 Å². The maximum atomic E-state index is 13.9. The van der Waals surface area contributed by atoms with Crippen LogP contribution in [0, 0.1) is 0 Å². The lowest BCUT2D eigenvalue weighted by atomic mass is 9.96. The van der Waals surface area contributed by atoms with Crippen molar-refractivity contribution in [2.75, 3.05) is 6.54 Å². The normalized spacial score (nSPS) is 17.9. The topological polar surface area (TPSA) is 31.9 Å². The van der Waals surface area contributed by atoms with E-state index in [0.29, 0.717) is 12.6 Å². The van der Waals surface area contributed by atoms with E-state index in [9.17, 15) is 4.39 Å².